The highest BCUT2D eigenvalue weighted by atomic mass is 79.9. The van der Waals surface area contributed by atoms with Crippen molar-refractivity contribution in [3.63, 3.8) is 0 Å². The minimum absolute atomic E-state index is 0.0639. The minimum atomic E-state index is -0.194. The lowest BCUT2D eigenvalue weighted by Gasteiger charge is -2.32. The SMILES string of the molecule is Cc1cc(Br)ccc1OCC(=O)NC1CCCCC1NC(=O)COc1ccc(Br)cc1C. The molecule has 6 nitrogen and oxygen atoms in total. The van der Waals surface area contributed by atoms with Gasteiger partial charge in [-0.3, -0.25) is 9.59 Å². The first kappa shape index (κ1) is 24.6. The van der Waals surface area contributed by atoms with E-state index in [4.69, 9.17) is 9.47 Å². The van der Waals surface area contributed by atoms with Gasteiger partial charge in [0.2, 0.25) is 0 Å². The van der Waals surface area contributed by atoms with Crippen molar-refractivity contribution in [3.8, 4) is 11.5 Å². The molecule has 32 heavy (non-hydrogen) atoms. The molecule has 2 aromatic carbocycles. The zero-order valence-electron chi connectivity index (χ0n) is 18.3. The van der Waals surface area contributed by atoms with E-state index >= 15 is 0 Å². The number of ether oxygens (including phenoxy) is 2. The molecule has 1 saturated carbocycles. The van der Waals surface area contributed by atoms with E-state index in [0.717, 1.165) is 45.8 Å². The molecule has 2 unspecified atom stereocenters. The lowest BCUT2D eigenvalue weighted by Crippen LogP contribution is -2.54. The third-order valence-corrected chi connectivity index (χ3v) is 6.44. The van der Waals surface area contributed by atoms with Gasteiger partial charge in [-0.1, -0.05) is 44.7 Å². The zero-order valence-corrected chi connectivity index (χ0v) is 21.4. The van der Waals surface area contributed by atoms with Crippen LogP contribution in [0.15, 0.2) is 45.3 Å². The number of benzene rings is 2. The summed E-state index contributed by atoms with van der Waals surface area (Å²) in [6.07, 6.45) is 3.67. The van der Waals surface area contributed by atoms with E-state index in [9.17, 15) is 9.59 Å². The molecule has 2 N–H and O–H groups in total. The predicted molar refractivity (Wildman–Crippen MR) is 131 cm³/mol. The summed E-state index contributed by atoms with van der Waals surface area (Å²) < 4.78 is 13.3. The Morgan fingerprint density at radius 1 is 0.812 bits per heavy atom. The molecule has 2 amide bonds. The molecular formula is C24H28Br2N2O4. The third-order valence-electron chi connectivity index (χ3n) is 5.45. The first-order chi connectivity index (χ1) is 15.3. The maximum absolute atomic E-state index is 12.5. The number of rotatable bonds is 8. The molecule has 0 radical (unpaired) electrons. The molecular weight excluding hydrogens is 540 g/mol. The number of aryl methyl sites for hydroxylation is 2. The van der Waals surface area contributed by atoms with Crippen molar-refractivity contribution in [1.82, 2.24) is 10.6 Å². The number of amides is 2. The molecule has 1 aliphatic rings. The fourth-order valence-electron chi connectivity index (χ4n) is 3.81. The average molecular weight is 568 g/mol. The van der Waals surface area contributed by atoms with Gasteiger partial charge in [0.05, 0.1) is 0 Å². The van der Waals surface area contributed by atoms with Gasteiger partial charge in [-0.2, -0.15) is 0 Å². The molecule has 0 aromatic heterocycles. The largest absolute Gasteiger partial charge is 0.484 e. The Hall–Kier alpha value is -2.06. The second kappa shape index (κ2) is 11.7. The molecule has 0 aliphatic heterocycles. The number of carbonyl (C=O) groups is 2. The fraction of sp³-hybridized carbons (Fsp3) is 0.417. The summed E-state index contributed by atoms with van der Waals surface area (Å²) in [6, 6.07) is 11.1. The van der Waals surface area contributed by atoms with Crippen molar-refractivity contribution >= 4 is 43.7 Å². The van der Waals surface area contributed by atoms with E-state index in [0.29, 0.717) is 11.5 Å². The number of halogens is 2. The van der Waals surface area contributed by atoms with Crippen molar-refractivity contribution in [2.24, 2.45) is 0 Å². The quantitative estimate of drug-likeness (QED) is 0.479. The van der Waals surface area contributed by atoms with Crippen LogP contribution in [0.4, 0.5) is 0 Å². The van der Waals surface area contributed by atoms with Gasteiger partial charge < -0.3 is 20.1 Å². The van der Waals surface area contributed by atoms with Crippen LogP contribution >= 0.6 is 31.9 Å². The molecule has 0 saturated heterocycles. The summed E-state index contributed by atoms with van der Waals surface area (Å²) in [4.78, 5) is 25.0. The van der Waals surface area contributed by atoms with E-state index in [1.165, 1.54) is 0 Å². The molecule has 172 valence electrons. The van der Waals surface area contributed by atoms with Gasteiger partial charge in [-0.25, -0.2) is 0 Å². The van der Waals surface area contributed by atoms with Crippen molar-refractivity contribution < 1.29 is 19.1 Å². The highest BCUT2D eigenvalue weighted by Gasteiger charge is 2.28. The Balaban J connectivity index is 1.48. The van der Waals surface area contributed by atoms with E-state index < -0.39 is 0 Å². The maximum Gasteiger partial charge on any atom is 0.258 e. The molecule has 0 bridgehead atoms. The van der Waals surface area contributed by atoms with Crippen LogP contribution in [0, 0.1) is 13.8 Å². The smallest absolute Gasteiger partial charge is 0.258 e. The molecule has 0 heterocycles. The minimum Gasteiger partial charge on any atom is -0.484 e. The number of carbonyl (C=O) groups excluding carboxylic acids is 2. The van der Waals surface area contributed by atoms with E-state index in [-0.39, 0.29) is 37.1 Å². The maximum atomic E-state index is 12.5. The van der Waals surface area contributed by atoms with Gasteiger partial charge in [-0.05, 0) is 74.2 Å². The van der Waals surface area contributed by atoms with Gasteiger partial charge >= 0.3 is 0 Å². The van der Waals surface area contributed by atoms with Gasteiger partial charge in [0.25, 0.3) is 11.8 Å². The van der Waals surface area contributed by atoms with Gasteiger partial charge in [0, 0.05) is 21.0 Å². The van der Waals surface area contributed by atoms with Crippen molar-refractivity contribution in [2.45, 2.75) is 51.6 Å². The van der Waals surface area contributed by atoms with Gasteiger partial charge in [-0.15, -0.1) is 0 Å². The van der Waals surface area contributed by atoms with Crippen molar-refractivity contribution in [2.75, 3.05) is 13.2 Å². The molecule has 2 aromatic rings. The van der Waals surface area contributed by atoms with Crippen molar-refractivity contribution in [1.29, 1.82) is 0 Å². The molecule has 1 fully saturated rings. The van der Waals surface area contributed by atoms with Crippen LogP contribution in [-0.4, -0.2) is 37.1 Å². The monoisotopic (exact) mass is 566 g/mol. The van der Waals surface area contributed by atoms with Crippen molar-refractivity contribution in [3.05, 3.63) is 56.5 Å². The van der Waals surface area contributed by atoms with E-state index in [2.05, 4.69) is 42.5 Å². The summed E-state index contributed by atoms with van der Waals surface area (Å²) in [6.45, 7) is 3.74. The Labute approximate surface area is 205 Å². The second-order valence-corrected chi connectivity index (χ2v) is 9.86. The predicted octanol–water partition coefficient (Wildman–Crippen LogP) is 4.83. The lowest BCUT2D eigenvalue weighted by atomic mass is 9.90. The van der Waals surface area contributed by atoms with Crippen LogP contribution in [0.2, 0.25) is 0 Å². The van der Waals surface area contributed by atoms with E-state index in [1.807, 2.05) is 50.2 Å². The van der Waals surface area contributed by atoms with Gasteiger partial charge in [0.15, 0.2) is 13.2 Å². The summed E-state index contributed by atoms with van der Waals surface area (Å²) >= 11 is 6.84. The summed E-state index contributed by atoms with van der Waals surface area (Å²) in [5.74, 6) is 0.967. The second-order valence-electron chi connectivity index (χ2n) is 8.03. The normalized spacial score (nSPS) is 18.0. The Morgan fingerprint density at radius 2 is 1.22 bits per heavy atom. The Morgan fingerprint density at radius 3 is 1.59 bits per heavy atom. The number of nitrogens with one attached hydrogen (secondary N) is 2. The topological polar surface area (TPSA) is 76.7 Å². The highest BCUT2D eigenvalue weighted by molar-refractivity contribution is 9.10. The first-order valence-electron chi connectivity index (χ1n) is 10.7. The molecule has 2 atom stereocenters. The molecule has 0 spiro atoms. The average Bonchev–Trinajstić information content (AvgIpc) is 2.74. The number of hydrogen-bond donors (Lipinski definition) is 2. The molecule has 1 aliphatic carbocycles. The number of hydrogen-bond acceptors (Lipinski definition) is 4. The van der Waals surface area contributed by atoms with Crippen LogP contribution in [0.3, 0.4) is 0 Å². The van der Waals surface area contributed by atoms with Crippen LogP contribution in [0.1, 0.15) is 36.8 Å². The summed E-state index contributed by atoms with van der Waals surface area (Å²) in [7, 11) is 0. The lowest BCUT2D eigenvalue weighted by molar-refractivity contribution is -0.127. The van der Waals surface area contributed by atoms with Gasteiger partial charge in [0.1, 0.15) is 11.5 Å². The van der Waals surface area contributed by atoms with Crippen LogP contribution in [0.25, 0.3) is 0 Å². The summed E-state index contributed by atoms with van der Waals surface area (Å²) in [5, 5.41) is 6.06. The standard InChI is InChI=1S/C24H28Br2N2O4/c1-15-11-17(25)7-9-21(15)31-13-23(29)27-19-5-3-4-6-20(19)28-24(30)14-32-22-10-8-18(26)12-16(22)2/h7-12,19-20H,3-6,13-14H2,1-2H3,(H,27,29)(H,28,30). The Kier molecular flexibility index (Phi) is 8.99. The van der Waals surface area contributed by atoms with Crippen LogP contribution in [0.5, 0.6) is 11.5 Å². The van der Waals surface area contributed by atoms with Crippen LogP contribution < -0.4 is 20.1 Å². The summed E-state index contributed by atoms with van der Waals surface area (Å²) in [5.41, 5.74) is 1.91. The molecule has 8 heteroatoms. The van der Waals surface area contributed by atoms with E-state index in [1.54, 1.807) is 0 Å². The van der Waals surface area contributed by atoms with Crippen LogP contribution in [-0.2, 0) is 9.59 Å². The first-order valence-corrected chi connectivity index (χ1v) is 12.3. The fourth-order valence-corrected chi connectivity index (χ4v) is 4.76. The third kappa shape index (κ3) is 7.24. The Bertz CT molecular complexity index is 890. The zero-order chi connectivity index (χ0) is 23.1. The molecule has 3 rings (SSSR count). The highest BCUT2D eigenvalue weighted by Crippen LogP contribution is 2.23.